The molecule has 2 aromatic heterocycles. The number of pyridine rings is 1. The summed E-state index contributed by atoms with van der Waals surface area (Å²) in [6.45, 7) is 7.70. The van der Waals surface area contributed by atoms with E-state index in [9.17, 15) is 18.7 Å². The second-order valence-corrected chi connectivity index (χ2v) is 7.86. The van der Waals surface area contributed by atoms with Crippen molar-refractivity contribution in [1.29, 1.82) is 0 Å². The van der Waals surface area contributed by atoms with Gasteiger partial charge in [-0.15, -0.1) is 0 Å². The SMILES string of the molecule is CCc1nn(CCCN2CCO[C@H](C)C2)c2[nH]c(-c3c(F)cccc3F)c(O)c(=O)c12. The van der Waals surface area contributed by atoms with Crippen LogP contribution in [0.5, 0.6) is 5.75 Å². The highest BCUT2D eigenvalue weighted by atomic mass is 19.1. The second-order valence-electron chi connectivity index (χ2n) is 7.86. The number of hydrogen-bond acceptors (Lipinski definition) is 5. The molecule has 2 N–H and O–H groups in total. The lowest BCUT2D eigenvalue weighted by atomic mass is 10.1. The van der Waals surface area contributed by atoms with Crippen LogP contribution in [0.3, 0.4) is 0 Å². The van der Waals surface area contributed by atoms with Crippen molar-refractivity contribution in [1.82, 2.24) is 19.7 Å². The number of halogens is 2. The van der Waals surface area contributed by atoms with E-state index >= 15 is 0 Å². The van der Waals surface area contributed by atoms with Crippen LogP contribution in [0.2, 0.25) is 0 Å². The number of benzene rings is 1. The fraction of sp³-hybridized carbons (Fsp3) is 0.455. The van der Waals surface area contributed by atoms with Crippen molar-refractivity contribution in [2.75, 3.05) is 26.2 Å². The molecular formula is C22H26F2N4O3. The second kappa shape index (κ2) is 8.76. The number of morpholine rings is 1. The molecule has 1 atom stereocenters. The van der Waals surface area contributed by atoms with E-state index in [2.05, 4.69) is 15.0 Å². The zero-order valence-electron chi connectivity index (χ0n) is 17.6. The first kappa shape index (κ1) is 21.5. The lowest BCUT2D eigenvalue weighted by Gasteiger charge is -2.30. The van der Waals surface area contributed by atoms with Crippen LogP contribution >= 0.6 is 0 Å². The summed E-state index contributed by atoms with van der Waals surface area (Å²) in [5, 5.41) is 15.2. The molecule has 1 saturated heterocycles. The Morgan fingerprint density at radius 3 is 2.71 bits per heavy atom. The Bertz CT molecular complexity index is 1140. The van der Waals surface area contributed by atoms with E-state index in [0.717, 1.165) is 38.2 Å². The summed E-state index contributed by atoms with van der Waals surface area (Å²) < 4.78 is 35.9. The van der Waals surface area contributed by atoms with Gasteiger partial charge in [-0.1, -0.05) is 13.0 Å². The molecule has 166 valence electrons. The smallest absolute Gasteiger partial charge is 0.235 e. The predicted octanol–water partition coefficient (Wildman–Crippen LogP) is 3.05. The zero-order valence-corrected chi connectivity index (χ0v) is 17.6. The predicted molar refractivity (Wildman–Crippen MR) is 113 cm³/mol. The molecule has 4 rings (SSSR count). The monoisotopic (exact) mass is 432 g/mol. The van der Waals surface area contributed by atoms with E-state index in [0.29, 0.717) is 30.9 Å². The van der Waals surface area contributed by atoms with Gasteiger partial charge in [0.25, 0.3) is 0 Å². The first-order valence-electron chi connectivity index (χ1n) is 10.5. The highest BCUT2D eigenvalue weighted by molar-refractivity contribution is 5.84. The summed E-state index contributed by atoms with van der Waals surface area (Å²) in [6.07, 6.45) is 1.46. The van der Waals surface area contributed by atoms with Gasteiger partial charge >= 0.3 is 0 Å². The van der Waals surface area contributed by atoms with Crippen molar-refractivity contribution in [2.45, 2.75) is 39.3 Å². The summed E-state index contributed by atoms with van der Waals surface area (Å²) in [6, 6.07) is 3.39. The van der Waals surface area contributed by atoms with Gasteiger partial charge in [-0.3, -0.25) is 9.69 Å². The fourth-order valence-electron chi connectivity index (χ4n) is 4.15. The lowest BCUT2D eigenvalue weighted by Crippen LogP contribution is -2.41. The highest BCUT2D eigenvalue weighted by Gasteiger charge is 2.23. The number of nitrogens with zero attached hydrogens (tertiary/aromatic N) is 3. The third kappa shape index (κ3) is 4.07. The topological polar surface area (TPSA) is 83.4 Å². The van der Waals surface area contributed by atoms with Gasteiger partial charge in [-0.2, -0.15) is 5.10 Å². The average molecular weight is 432 g/mol. The van der Waals surface area contributed by atoms with E-state index in [1.54, 1.807) is 4.68 Å². The van der Waals surface area contributed by atoms with Gasteiger partial charge in [-0.05, 0) is 31.9 Å². The van der Waals surface area contributed by atoms with Crippen molar-refractivity contribution in [3.63, 3.8) is 0 Å². The lowest BCUT2D eigenvalue weighted by molar-refractivity contribution is -0.0187. The van der Waals surface area contributed by atoms with Crippen LogP contribution in [0.25, 0.3) is 22.3 Å². The molecule has 1 aromatic carbocycles. The molecule has 0 aliphatic carbocycles. The van der Waals surface area contributed by atoms with Gasteiger partial charge in [0.1, 0.15) is 17.3 Å². The van der Waals surface area contributed by atoms with E-state index in [4.69, 9.17) is 4.74 Å². The number of rotatable bonds is 6. The van der Waals surface area contributed by atoms with E-state index < -0.39 is 28.4 Å². The number of aromatic hydroxyl groups is 1. The van der Waals surface area contributed by atoms with Crippen molar-refractivity contribution in [3.05, 3.63) is 45.8 Å². The molecule has 7 nitrogen and oxygen atoms in total. The molecule has 1 aliphatic heterocycles. The minimum Gasteiger partial charge on any atom is -0.503 e. The molecule has 9 heteroatoms. The van der Waals surface area contributed by atoms with Crippen LogP contribution in [-0.4, -0.2) is 57.1 Å². The summed E-state index contributed by atoms with van der Waals surface area (Å²) in [4.78, 5) is 18.1. The molecule has 1 fully saturated rings. The van der Waals surface area contributed by atoms with Gasteiger partial charge in [-0.25, -0.2) is 13.5 Å². The average Bonchev–Trinajstić information content (AvgIpc) is 3.09. The summed E-state index contributed by atoms with van der Waals surface area (Å²) in [5.41, 5.74) is -0.540. The number of aromatic nitrogens is 3. The molecule has 3 aromatic rings. The summed E-state index contributed by atoms with van der Waals surface area (Å²) >= 11 is 0. The molecule has 1 aliphatic rings. The fourth-order valence-corrected chi connectivity index (χ4v) is 4.15. The number of nitrogens with one attached hydrogen (secondary N) is 1. The number of H-pyrrole nitrogens is 1. The van der Waals surface area contributed by atoms with Crippen LogP contribution in [0.4, 0.5) is 8.78 Å². The molecule has 0 amide bonds. The minimum atomic E-state index is -0.867. The maximum Gasteiger partial charge on any atom is 0.235 e. The zero-order chi connectivity index (χ0) is 22.1. The quantitative estimate of drug-likeness (QED) is 0.626. The molecular weight excluding hydrogens is 406 g/mol. The standard InChI is InChI=1S/C22H26F2N4O3/c1-3-16-18-20(29)21(30)19(17-14(23)6-4-7-15(17)24)25-22(18)28(26-16)9-5-8-27-10-11-31-13(2)12-27/h4,6-7,13,30H,3,5,8-12H2,1-2H3,(H,25,29)/t13-/m1/s1. The molecule has 0 bridgehead atoms. The molecule has 0 radical (unpaired) electrons. The van der Waals surface area contributed by atoms with Gasteiger partial charge in [0.15, 0.2) is 5.75 Å². The third-order valence-electron chi connectivity index (χ3n) is 5.66. The van der Waals surface area contributed by atoms with E-state index in [-0.39, 0.29) is 17.2 Å². The van der Waals surface area contributed by atoms with Crippen LogP contribution in [0, 0.1) is 11.6 Å². The first-order valence-corrected chi connectivity index (χ1v) is 10.5. The van der Waals surface area contributed by atoms with Gasteiger partial charge < -0.3 is 14.8 Å². The Morgan fingerprint density at radius 2 is 2.03 bits per heavy atom. The number of aromatic amines is 1. The van der Waals surface area contributed by atoms with Gasteiger partial charge in [0.05, 0.1) is 35.0 Å². The Balaban J connectivity index is 1.71. The number of ether oxygens (including phenoxy) is 1. The normalized spacial score (nSPS) is 17.5. The highest BCUT2D eigenvalue weighted by Crippen LogP contribution is 2.31. The van der Waals surface area contributed by atoms with Crippen LogP contribution in [0.15, 0.2) is 23.0 Å². The number of fused-ring (bicyclic) bond motifs is 1. The van der Waals surface area contributed by atoms with Crippen molar-refractivity contribution < 1.29 is 18.6 Å². The summed E-state index contributed by atoms with van der Waals surface area (Å²) in [5.74, 6) is -2.45. The molecule has 3 heterocycles. The van der Waals surface area contributed by atoms with Crippen LogP contribution in [0.1, 0.15) is 26.0 Å². The maximum atomic E-state index is 14.3. The van der Waals surface area contributed by atoms with Gasteiger partial charge in [0, 0.05) is 26.2 Å². The summed E-state index contributed by atoms with van der Waals surface area (Å²) in [7, 11) is 0. The number of hydrogen-bond donors (Lipinski definition) is 2. The number of aryl methyl sites for hydroxylation is 2. The first-order chi connectivity index (χ1) is 14.9. The molecule has 31 heavy (non-hydrogen) atoms. The minimum absolute atomic E-state index is 0.198. The van der Waals surface area contributed by atoms with Crippen molar-refractivity contribution in [2.24, 2.45) is 0 Å². The Morgan fingerprint density at radius 1 is 1.29 bits per heavy atom. The third-order valence-corrected chi connectivity index (χ3v) is 5.66. The van der Waals surface area contributed by atoms with Crippen molar-refractivity contribution >= 4 is 11.0 Å². The Labute approximate surface area is 178 Å². The Kier molecular flexibility index (Phi) is 6.06. The molecule has 0 unspecified atom stereocenters. The van der Waals surface area contributed by atoms with Gasteiger partial charge in [0.2, 0.25) is 5.43 Å². The van der Waals surface area contributed by atoms with Crippen LogP contribution in [-0.2, 0) is 17.7 Å². The van der Waals surface area contributed by atoms with E-state index in [1.165, 1.54) is 6.07 Å². The van der Waals surface area contributed by atoms with Crippen molar-refractivity contribution in [3.8, 4) is 17.0 Å². The van der Waals surface area contributed by atoms with Crippen LogP contribution < -0.4 is 5.43 Å². The molecule has 0 spiro atoms. The molecule has 0 saturated carbocycles. The maximum absolute atomic E-state index is 14.3. The largest absolute Gasteiger partial charge is 0.503 e. The Hall–Kier alpha value is -2.78. The van der Waals surface area contributed by atoms with E-state index in [1.807, 2.05) is 13.8 Å².